The van der Waals surface area contributed by atoms with E-state index in [1.807, 2.05) is 0 Å². The van der Waals surface area contributed by atoms with Gasteiger partial charge in [0.25, 0.3) is 0 Å². The van der Waals surface area contributed by atoms with Gasteiger partial charge in [-0.2, -0.15) is 0 Å². The third kappa shape index (κ3) is 6.22. The van der Waals surface area contributed by atoms with E-state index < -0.39 is 0 Å². The third-order valence-corrected chi connectivity index (χ3v) is 3.22. The van der Waals surface area contributed by atoms with Crippen LogP contribution in [-0.4, -0.2) is 19.8 Å². The van der Waals surface area contributed by atoms with Crippen LogP contribution in [0.5, 0.6) is 0 Å². The summed E-state index contributed by atoms with van der Waals surface area (Å²) in [6.45, 7) is 13.5. The molecule has 19 heavy (non-hydrogen) atoms. The lowest BCUT2D eigenvalue weighted by Crippen LogP contribution is -2.26. The number of hydrogen-bond donors (Lipinski definition) is 1. The predicted molar refractivity (Wildman–Crippen MR) is 82.6 cm³/mol. The van der Waals surface area contributed by atoms with Crippen molar-refractivity contribution in [2.75, 3.05) is 19.8 Å². The number of benzene rings is 1. The molecule has 1 rings (SSSR count). The van der Waals surface area contributed by atoms with Gasteiger partial charge in [-0.3, -0.25) is 0 Å². The number of likely N-dealkylation sites (N-methyl/N-ethyl adjacent to an activating group) is 1. The summed E-state index contributed by atoms with van der Waals surface area (Å²) in [6, 6.07) is 7.03. The highest BCUT2D eigenvalue weighted by atomic mass is 16.5. The SMILES string of the molecule is CCNC(COCCC(C)C)c1cc(C)cc(C)c1. The number of hydrogen-bond acceptors (Lipinski definition) is 2. The molecule has 1 aromatic rings. The van der Waals surface area contributed by atoms with Crippen LogP contribution in [0.3, 0.4) is 0 Å². The van der Waals surface area contributed by atoms with Crippen LogP contribution in [0.25, 0.3) is 0 Å². The van der Waals surface area contributed by atoms with Crippen LogP contribution in [0.4, 0.5) is 0 Å². The average Bonchev–Trinajstić information content (AvgIpc) is 2.31. The minimum atomic E-state index is 0.302. The van der Waals surface area contributed by atoms with Gasteiger partial charge in [-0.15, -0.1) is 0 Å². The average molecular weight is 263 g/mol. The molecule has 0 bridgehead atoms. The summed E-state index contributed by atoms with van der Waals surface area (Å²) < 4.78 is 5.83. The Hall–Kier alpha value is -0.860. The van der Waals surface area contributed by atoms with E-state index in [1.54, 1.807) is 0 Å². The van der Waals surface area contributed by atoms with Gasteiger partial charge in [-0.1, -0.05) is 50.1 Å². The fraction of sp³-hybridized carbons (Fsp3) is 0.647. The fourth-order valence-corrected chi connectivity index (χ4v) is 2.25. The molecule has 1 atom stereocenters. The van der Waals surface area contributed by atoms with Gasteiger partial charge in [0.1, 0.15) is 0 Å². The van der Waals surface area contributed by atoms with Crippen molar-refractivity contribution in [1.29, 1.82) is 0 Å². The van der Waals surface area contributed by atoms with E-state index in [0.29, 0.717) is 12.0 Å². The van der Waals surface area contributed by atoms with Gasteiger partial charge in [0.05, 0.1) is 12.6 Å². The minimum Gasteiger partial charge on any atom is -0.379 e. The van der Waals surface area contributed by atoms with Crippen LogP contribution in [0.2, 0.25) is 0 Å². The van der Waals surface area contributed by atoms with E-state index >= 15 is 0 Å². The first-order valence-corrected chi connectivity index (χ1v) is 7.42. The molecule has 0 aromatic heterocycles. The molecule has 0 spiro atoms. The van der Waals surface area contributed by atoms with Crippen molar-refractivity contribution in [3.8, 4) is 0 Å². The van der Waals surface area contributed by atoms with E-state index in [-0.39, 0.29) is 0 Å². The third-order valence-electron chi connectivity index (χ3n) is 3.22. The van der Waals surface area contributed by atoms with Crippen molar-refractivity contribution >= 4 is 0 Å². The Balaban J connectivity index is 2.60. The zero-order chi connectivity index (χ0) is 14.3. The van der Waals surface area contributed by atoms with Crippen LogP contribution < -0.4 is 5.32 Å². The van der Waals surface area contributed by atoms with E-state index in [1.165, 1.54) is 16.7 Å². The van der Waals surface area contributed by atoms with Crippen molar-refractivity contribution < 1.29 is 4.74 Å². The smallest absolute Gasteiger partial charge is 0.0661 e. The van der Waals surface area contributed by atoms with Crippen LogP contribution in [0.1, 0.15) is 49.9 Å². The molecular weight excluding hydrogens is 234 g/mol. The zero-order valence-corrected chi connectivity index (χ0v) is 13.1. The number of nitrogens with one attached hydrogen (secondary N) is 1. The first-order valence-electron chi connectivity index (χ1n) is 7.42. The Morgan fingerprint density at radius 2 is 1.74 bits per heavy atom. The summed E-state index contributed by atoms with van der Waals surface area (Å²) in [7, 11) is 0. The Kier molecular flexibility index (Phi) is 7.11. The lowest BCUT2D eigenvalue weighted by atomic mass is 10.0. The summed E-state index contributed by atoms with van der Waals surface area (Å²) in [5, 5.41) is 3.52. The van der Waals surface area contributed by atoms with Gasteiger partial charge < -0.3 is 10.1 Å². The maximum absolute atomic E-state index is 5.83. The van der Waals surface area contributed by atoms with Gasteiger partial charge in [-0.05, 0) is 38.3 Å². The standard InChI is InChI=1S/C17H29NO/c1-6-18-17(12-19-8-7-13(2)3)16-10-14(4)9-15(5)11-16/h9-11,13,17-18H,6-8,12H2,1-5H3. The van der Waals surface area contributed by atoms with Crippen molar-refractivity contribution in [2.24, 2.45) is 5.92 Å². The first-order chi connectivity index (χ1) is 9.02. The Morgan fingerprint density at radius 3 is 2.26 bits per heavy atom. The maximum atomic E-state index is 5.83. The van der Waals surface area contributed by atoms with E-state index in [2.05, 4.69) is 58.1 Å². The molecule has 2 heteroatoms. The predicted octanol–water partition coefficient (Wildman–Crippen LogP) is 4.02. The molecule has 2 nitrogen and oxygen atoms in total. The van der Waals surface area contributed by atoms with E-state index in [4.69, 9.17) is 4.74 Å². The molecule has 0 radical (unpaired) electrons. The highest BCUT2D eigenvalue weighted by Gasteiger charge is 2.11. The van der Waals surface area contributed by atoms with Gasteiger partial charge in [0.2, 0.25) is 0 Å². The topological polar surface area (TPSA) is 21.3 Å². The van der Waals surface area contributed by atoms with Gasteiger partial charge >= 0.3 is 0 Å². The molecule has 1 N–H and O–H groups in total. The largest absolute Gasteiger partial charge is 0.379 e. The zero-order valence-electron chi connectivity index (χ0n) is 13.1. The van der Waals surface area contributed by atoms with Crippen LogP contribution >= 0.6 is 0 Å². The van der Waals surface area contributed by atoms with Crippen molar-refractivity contribution in [3.63, 3.8) is 0 Å². The van der Waals surface area contributed by atoms with Crippen molar-refractivity contribution in [3.05, 3.63) is 34.9 Å². The molecule has 0 heterocycles. The van der Waals surface area contributed by atoms with E-state index in [0.717, 1.165) is 26.2 Å². The van der Waals surface area contributed by atoms with E-state index in [9.17, 15) is 0 Å². The lowest BCUT2D eigenvalue weighted by molar-refractivity contribution is 0.103. The molecule has 0 amide bonds. The fourth-order valence-electron chi connectivity index (χ4n) is 2.25. The Labute approximate surface area is 118 Å². The highest BCUT2D eigenvalue weighted by Crippen LogP contribution is 2.17. The molecule has 0 aliphatic carbocycles. The molecule has 0 aliphatic heterocycles. The summed E-state index contributed by atoms with van der Waals surface area (Å²) in [6.07, 6.45) is 1.13. The van der Waals surface area contributed by atoms with Gasteiger partial charge in [-0.25, -0.2) is 0 Å². The Morgan fingerprint density at radius 1 is 1.11 bits per heavy atom. The maximum Gasteiger partial charge on any atom is 0.0661 e. The van der Waals surface area contributed by atoms with Crippen LogP contribution in [0.15, 0.2) is 18.2 Å². The van der Waals surface area contributed by atoms with Gasteiger partial charge in [0, 0.05) is 6.61 Å². The molecule has 1 unspecified atom stereocenters. The second-order valence-corrected chi connectivity index (χ2v) is 5.79. The summed E-state index contributed by atoms with van der Waals surface area (Å²) in [5.74, 6) is 0.707. The van der Waals surface area contributed by atoms with Gasteiger partial charge in [0.15, 0.2) is 0 Å². The van der Waals surface area contributed by atoms with Crippen molar-refractivity contribution in [1.82, 2.24) is 5.32 Å². The minimum absolute atomic E-state index is 0.302. The first kappa shape index (κ1) is 16.2. The summed E-state index contributed by atoms with van der Waals surface area (Å²) in [5.41, 5.74) is 3.98. The summed E-state index contributed by atoms with van der Waals surface area (Å²) >= 11 is 0. The normalized spacial score (nSPS) is 12.9. The Bertz CT molecular complexity index is 353. The lowest BCUT2D eigenvalue weighted by Gasteiger charge is -2.20. The molecular formula is C17H29NO. The monoisotopic (exact) mass is 263 g/mol. The number of aryl methyl sites for hydroxylation is 2. The van der Waals surface area contributed by atoms with Crippen molar-refractivity contribution in [2.45, 2.75) is 47.1 Å². The quantitative estimate of drug-likeness (QED) is 0.715. The molecule has 0 aliphatic rings. The van der Waals surface area contributed by atoms with Crippen LogP contribution in [0, 0.1) is 19.8 Å². The number of rotatable bonds is 8. The second kappa shape index (κ2) is 8.34. The number of ether oxygens (including phenoxy) is 1. The summed E-state index contributed by atoms with van der Waals surface area (Å²) in [4.78, 5) is 0. The molecule has 1 aromatic carbocycles. The molecule has 0 saturated carbocycles. The molecule has 0 saturated heterocycles. The second-order valence-electron chi connectivity index (χ2n) is 5.79. The molecule has 108 valence electrons. The van der Waals surface area contributed by atoms with Crippen LogP contribution in [-0.2, 0) is 4.74 Å². The molecule has 0 fully saturated rings. The highest BCUT2D eigenvalue weighted by molar-refractivity contribution is 5.30.